The summed E-state index contributed by atoms with van der Waals surface area (Å²) in [4.78, 5) is 0. The first-order valence-electron chi connectivity index (χ1n) is 6.28. The van der Waals surface area contributed by atoms with Crippen LogP contribution >= 0.6 is 10.7 Å². The van der Waals surface area contributed by atoms with Crippen LogP contribution in [0.5, 0.6) is 0 Å². The predicted octanol–water partition coefficient (Wildman–Crippen LogP) is 6.16. The van der Waals surface area contributed by atoms with Gasteiger partial charge in [0.1, 0.15) is 0 Å². The van der Waals surface area contributed by atoms with E-state index >= 15 is 0 Å². The third-order valence-electron chi connectivity index (χ3n) is 3.39. The Kier molecular flexibility index (Phi) is 6.96. The van der Waals surface area contributed by atoms with E-state index in [4.69, 9.17) is 0 Å². The molecule has 0 spiro atoms. The summed E-state index contributed by atoms with van der Waals surface area (Å²) in [6.07, 6.45) is -7.97. The number of halogens is 20. The van der Waals surface area contributed by atoms with Gasteiger partial charge >= 0.3 is 61.9 Å². The van der Waals surface area contributed by atoms with E-state index in [0.717, 1.165) is 0 Å². The van der Waals surface area contributed by atoms with E-state index in [2.05, 4.69) is 10.7 Å². The van der Waals surface area contributed by atoms with Gasteiger partial charge in [0.15, 0.2) is 0 Å². The quantitative estimate of drug-likeness (QED) is 0.260. The monoisotopic (exact) mass is 568 g/mol. The van der Waals surface area contributed by atoms with Gasteiger partial charge in [-0.15, -0.1) is 0 Å². The van der Waals surface area contributed by atoms with Gasteiger partial charge in [-0.3, -0.25) is 0 Å². The van der Waals surface area contributed by atoms with Crippen molar-refractivity contribution in [2.45, 2.75) is 52.9 Å². The molecule has 0 aromatic heterocycles. The molecule has 0 atom stereocenters. The number of rotatable bonds is 8. The van der Waals surface area contributed by atoms with Crippen molar-refractivity contribution < 1.29 is 91.8 Å². The molecule has 0 saturated heterocycles. The molecule has 0 heterocycles. The second-order valence-electron chi connectivity index (χ2n) is 5.47. The Labute approximate surface area is 165 Å². The third kappa shape index (κ3) is 3.53. The molecular weight excluding hydrogens is 569 g/mol. The molecule has 0 bridgehead atoms. The van der Waals surface area contributed by atoms with Crippen molar-refractivity contribution in [1.29, 1.82) is 0 Å². The van der Waals surface area contributed by atoms with Crippen molar-refractivity contribution >= 4 is 19.7 Å². The Balaban J connectivity index is 7.06. The summed E-state index contributed by atoms with van der Waals surface area (Å²) in [5, 5.41) is -7.75. The molecule has 0 saturated carbocycles. The summed E-state index contributed by atoms with van der Waals surface area (Å²) in [5.74, 6) is -61.8. The molecule has 194 valence electrons. The van der Waals surface area contributed by atoms with Crippen LogP contribution in [0.4, 0.5) is 83.4 Å². The molecule has 0 N–H and O–H groups in total. The molecule has 32 heavy (non-hydrogen) atoms. The van der Waals surface area contributed by atoms with E-state index < -0.39 is 61.9 Å². The van der Waals surface area contributed by atoms with Crippen molar-refractivity contribution in [2.24, 2.45) is 0 Å². The average Bonchev–Trinajstić information content (AvgIpc) is 2.51. The van der Waals surface area contributed by atoms with Crippen molar-refractivity contribution in [3.8, 4) is 0 Å². The van der Waals surface area contributed by atoms with Crippen LogP contribution in [0.25, 0.3) is 0 Å². The fourth-order valence-electron chi connectivity index (χ4n) is 1.50. The standard InChI is InChI=1S/C9ClF19O2S/c10-32(30,31)9(28,29)7(23,24)5(19,20)3(15,16)1(11,12)2(13,14)4(17,18)6(21,22)8(25,26)27. The minimum Gasteiger partial charge on any atom is -0.206 e. The Hall–Kier alpha value is -1.09. The molecule has 2 nitrogen and oxygen atoms in total. The number of hydrogen-bond acceptors (Lipinski definition) is 2. The summed E-state index contributed by atoms with van der Waals surface area (Å²) < 4.78 is 264. The highest BCUT2D eigenvalue weighted by Crippen LogP contribution is 2.65. The van der Waals surface area contributed by atoms with Crippen LogP contribution < -0.4 is 0 Å². The van der Waals surface area contributed by atoms with E-state index in [1.165, 1.54) is 0 Å². The van der Waals surface area contributed by atoms with Gasteiger partial charge in [0.05, 0.1) is 0 Å². The maximum atomic E-state index is 13.2. The minimum atomic E-state index is -9.11. The van der Waals surface area contributed by atoms with Crippen LogP contribution in [-0.2, 0) is 9.05 Å². The molecule has 0 fully saturated rings. The van der Waals surface area contributed by atoms with E-state index in [-0.39, 0.29) is 0 Å². The average molecular weight is 569 g/mol. The maximum absolute atomic E-state index is 13.2. The molecule has 0 unspecified atom stereocenters. The molecular formula is C9ClF19O2S. The van der Waals surface area contributed by atoms with E-state index in [0.29, 0.717) is 0 Å². The van der Waals surface area contributed by atoms with Crippen LogP contribution in [0.1, 0.15) is 0 Å². The lowest BCUT2D eigenvalue weighted by Gasteiger charge is -2.43. The molecule has 0 aliphatic rings. The molecule has 0 aromatic carbocycles. The van der Waals surface area contributed by atoms with Crippen LogP contribution in [0.3, 0.4) is 0 Å². The number of hydrogen-bond donors (Lipinski definition) is 0. The van der Waals surface area contributed by atoms with E-state index in [1.807, 2.05) is 0 Å². The highest BCUT2D eigenvalue weighted by Gasteiger charge is 2.97. The van der Waals surface area contributed by atoms with Gasteiger partial charge in [-0.1, -0.05) is 0 Å². The highest BCUT2D eigenvalue weighted by molar-refractivity contribution is 8.14. The lowest BCUT2D eigenvalue weighted by Crippen LogP contribution is -2.76. The van der Waals surface area contributed by atoms with Crippen LogP contribution in [-0.4, -0.2) is 61.3 Å². The predicted molar refractivity (Wildman–Crippen MR) is 60.4 cm³/mol. The van der Waals surface area contributed by atoms with E-state index in [9.17, 15) is 91.8 Å². The SMILES string of the molecule is O=S(=O)(Cl)C(F)(F)C(F)(F)C(F)(F)C(F)(F)C(F)(F)C(F)(F)C(F)(F)C(F)(F)C(F)(F)F. The van der Waals surface area contributed by atoms with Gasteiger partial charge in [-0.05, 0) is 0 Å². The first-order valence-corrected chi connectivity index (χ1v) is 8.59. The van der Waals surface area contributed by atoms with Crippen LogP contribution in [0.2, 0.25) is 0 Å². The Bertz CT molecular complexity index is 824. The molecule has 0 aromatic rings. The summed E-state index contributed by atoms with van der Waals surface area (Å²) in [5.41, 5.74) is 0. The summed E-state index contributed by atoms with van der Waals surface area (Å²) in [7, 11) is -3.99. The second kappa shape index (κ2) is 7.20. The lowest BCUT2D eigenvalue weighted by atomic mass is 9.89. The maximum Gasteiger partial charge on any atom is 0.460 e. The molecule has 23 heteroatoms. The minimum absolute atomic E-state index is 3.54. The van der Waals surface area contributed by atoms with Gasteiger partial charge in [-0.25, -0.2) is 8.42 Å². The van der Waals surface area contributed by atoms with Gasteiger partial charge < -0.3 is 0 Å². The summed E-state index contributed by atoms with van der Waals surface area (Å²) in [6.45, 7) is 0. The Morgan fingerprint density at radius 2 is 0.562 bits per heavy atom. The molecule has 0 aliphatic carbocycles. The largest absolute Gasteiger partial charge is 0.460 e. The Morgan fingerprint density at radius 1 is 0.375 bits per heavy atom. The molecule has 0 rings (SSSR count). The summed E-state index contributed by atoms with van der Waals surface area (Å²) in [6, 6.07) is 0. The lowest BCUT2D eigenvalue weighted by molar-refractivity contribution is -0.466. The summed E-state index contributed by atoms with van der Waals surface area (Å²) >= 11 is 0. The van der Waals surface area contributed by atoms with Gasteiger partial charge in [0.2, 0.25) is 0 Å². The molecule has 0 radical (unpaired) electrons. The van der Waals surface area contributed by atoms with Crippen molar-refractivity contribution in [3.63, 3.8) is 0 Å². The molecule has 0 aliphatic heterocycles. The van der Waals surface area contributed by atoms with E-state index in [1.54, 1.807) is 0 Å². The zero-order chi connectivity index (χ0) is 27.0. The fourth-order valence-corrected chi connectivity index (χ4v) is 2.22. The van der Waals surface area contributed by atoms with Gasteiger partial charge in [-0.2, -0.15) is 83.4 Å². The smallest absolute Gasteiger partial charge is 0.206 e. The van der Waals surface area contributed by atoms with Crippen LogP contribution in [0.15, 0.2) is 0 Å². The van der Waals surface area contributed by atoms with Gasteiger partial charge in [0.25, 0.3) is 0 Å². The number of alkyl halides is 19. The van der Waals surface area contributed by atoms with Crippen molar-refractivity contribution in [3.05, 3.63) is 0 Å². The fraction of sp³-hybridized carbons (Fsp3) is 1.00. The highest BCUT2D eigenvalue weighted by atomic mass is 35.7. The first kappa shape index (κ1) is 30.9. The van der Waals surface area contributed by atoms with Crippen LogP contribution in [0, 0.1) is 0 Å². The van der Waals surface area contributed by atoms with Crippen molar-refractivity contribution in [2.75, 3.05) is 0 Å². The second-order valence-corrected chi connectivity index (χ2v) is 8.08. The third-order valence-corrected chi connectivity index (χ3v) is 4.84. The molecule has 0 amide bonds. The van der Waals surface area contributed by atoms with Crippen molar-refractivity contribution in [1.82, 2.24) is 0 Å². The normalized spacial score (nSPS) is 17.0. The van der Waals surface area contributed by atoms with Gasteiger partial charge in [0, 0.05) is 10.7 Å². The topological polar surface area (TPSA) is 34.1 Å². The first-order chi connectivity index (χ1) is 13.2. The zero-order valence-electron chi connectivity index (χ0n) is 13.3. The zero-order valence-corrected chi connectivity index (χ0v) is 14.9. The Morgan fingerprint density at radius 3 is 0.750 bits per heavy atom.